The Morgan fingerprint density at radius 2 is 1.68 bits per heavy atom. The molecule has 3 heterocycles. The Morgan fingerprint density at radius 1 is 1.04 bits per heavy atom. The van der Waals surface area contributed by atoms with E-state index in [4.69, 9.17) is 24.6 Å². The highest BCUT2D eigenvalue weighted by Crippen LogP contribution is 2.61. The van der Waals surface area contributed by atoms with Gasteiger partial charge < -0.3 is 56.0 Å². The van der Waals surface area contributed by atoms with E-state index in [0.717, 1.165) is 24.1 Å². The Morgan fingerprint density at radius 3 is 2.30 bits per heavy atom. The molecule has 4 unspecified atom stereocenters. The van der Waals surface area contributed by atoms with Gasteiger partial charge in [-0.1, -0.05) is 13.8 Å². The number of thiol groups is 1. The fraction of sp³-hybridized carbons (Fsp3) is 0.615. The first-order chi connectivity index (χ1) is 26.2. The van der Waals surface area contributed by atoms with Gasteiger partial charge in [0.25, 0.3) is 0 Å². The molecule has 8 atom stereocenters. The first kappa shape index (κ1) is 48.1. The van der Waals surface area contributed by atoms with Crippen LogP contribution in [0.2, 0.25) is 0 Å². The number of carboxylic acid groups (broad SMARTS) is 1. The molecule has 3 rings (SSSR count). The minimum absolute atomic E-state index is 0.0109. The van der Waals surface area contributed by atoms with Crippen molar-refractivity contribution in [3.8, 4) is 0 Å². The van der Waals surface area contributed by atoms with Crippen molar-refractivity contribution in [2.45, 2.75) is 64.3 Å². The van der Waals surface area contributed by atoms with E-state index in [-0.39, 0.29) is 42.2 Å². The Balaban J connectivity index is 1.51. The maximum atomic E-state index is 12.7. The Kier molecular flexibility index (Phi) is 16.6. The lowest BCUT2D eigenvalue weighted by atomic mass is 9.87. The van der Waals surface area contributed by atoms with Gasteiger partial charge in [-0.2, -0.15) is 4.31 Å². The molecule has 2 aromatic rings. The van der Waals surface area contributed by atoms with Crippen molar-refractivity contribution >= 4 is 79.4 Å². The van der Waals surface area contributed by atoms with Crippen LogP contribution < -0.4 is 16.4 Å². The third-order valence-electron chi connectivity index (χ3n) is 7.72. The summed E-state index contributed by atoms with van der Waals surface area (Å²) in [6.45, 7) is 0.963. The van der Waals surface area contributed by atoms with Crippen molar-refractivity contribution in [2.75, 3.05) is 37.8 Å². The third-order valence-corrected chi connectivity index (χ3v) is 13.0. The van der Waals surface area contributed by atoms with E-state index in [1.807, 2.05) is 0 Å². The topological polar surface area (TPSA) is 418 Å². The highest BCUT2D eigenvalue weighted by atomic mass is 32.2. The van der Waals surface area contributed by atoms with E-state index in [1.54, 1.807) is 0 Å². The Bertz CT molecular complexity index is 1960. The molecule has 11 N–H and O–H groups in total. The van der Waals surface area contributed by atoms with Crippen LogP contribution in [0, 0.1) is 5.41 Å². The first-order valence-corrected chi connectivity index (χ1v) is 22.2. The van der Waals surface area contributed by atoms with Crippen molar-refractivity contribution in [2.24, 2.45) is 5.41 Å². The monoisotopic (exact) mass is 897 g/mol. The minimum Gasteiger partial charge on any atom is -0.481 e. The van der Waals surface area contributed by atoms with Crippen LogP contribution in [0.1, 0.15) is 39.8 Å². The third kappa shape index (κ3) is 14.2. The molecule has 0 aromatic carbocycles. The molecule has 1 aliphatic rings. The number of hydrogen-bond donors (Lipinski definition) is 11. The van der Waals surface area contributed by atoms with E-state index in [9.17, 15) is 67.5 Å². The number of carbonyl (C=O) groups excluding carboxylic acids is 4. The second-order valence-electron chi connectivity index (χ2n) is 12.7. The molecule has 1 aliphatic heterocycles. The van der Waals surface area contributed by atoms with Gasteiger partial charge in [0, 0.05) is 37.6 Å². The van der Waals surface area contributed by atoms with Crippen LogP contribution in [-0.2, 0) is 60.3 Å². The number of aliphatic hydroxyl groups excluding tert-OH is 2. The highest BCUT2D eigenvalue weighted by Gasteiger charge is 2.50. The van der Waals surface area contributed by atoms with Gasteiger partial charge in [0.15, 0.2) is 27.9 Å². The fourth-order valence-electron chi connectivity index (χ4n) is 4.93. The molecule has 57 heavy (non-hydrogen) atoms. The summed E-state index contributed by atoms with van der Waals surface area (Å²) in [4.78, 5) is 110. The molecule has 31 heteroatoms. The zero-order valence-electron chi connectivity index (χ0n) is 30.1. The number of aliphatic carboxylic acids is 1. The van der Waals surface area contributed by atoms with E-state index in [2.05, 4.69) is 34.4 Å². The number of nitrogens with one attached hydrogen (secondary N) is 2. The molecular weight excluding hydrogens is 855 g/mol. The number of carboxylic acids is 1. The SMILES string of the molecule is CC(=O)[SH](CCNC(=O)CCNC(=O)C(O)C(C)(C)COP(=O)(O)OP(=O)(O)OC[C@H]1O[C@@H](n2cnc3c(N)ncnc32)[C@H](O)[C@@H]1OP(=O)(O)O)C(=O)CC(=O)O. The van der Waals surface area contributed by atoms with Crippen molar-refractivity contribution in [1.82, 2.24) is 30.2 Å². The number of ether oxygens (including phenoxy) is 1. The zero-order chi connectivity index (χ0) is 43.1. The van der Waals surface area contributed by atoms with Crippen LogP contribution in [0.4, 0.5) is 5.82 Å². The highest BCUT2D eigenvalue weighted by molar-refractivity contribution is 8.41. The normalized spacial score (nSPS) is 22.2. The number of nitrogens with zero attached hydrogens (tertiary/aromatic N) is 4. The van der Waals surface area contributed by atoms with Gasteiger partial charge in [0.1, 0.15) is 42.7 Å². The van der Waals surface area contributed by atoms with Crippen molar-refractivity contribution < 1.29 is 95.2 Å². The van der Waals surface area contributed by atoms with E-state index in [1.165, 1.54) is 13.8 Å². The maximum absolute atomic E-state index is 12.7. The van der Waals surface area contributed by atoms with E-state index < -0.39 is 118 Å². The van der Waals surface area contributed by atoms with E-state index >= 15 is 0 Å². The number of phosphoric ester groups is 3. The summed E-state index contributed by atoms with van der Waals surface area (Å²) in [5.74, 6) is -3.24. The molecule has 0 aliphatic carbocycles. The number of nitrogens with two attached hydrogens (primary N) is 1. The number of aliphatic hydroxyl groups is 2. The molecular formula is C26H42N7O20P3S. The van der Waals surface area contributed by atoms with Crippen molar-refractivity contribution in [3.63, 3.8) is 0 Å². The summed E-state index contributed by atoms with van der Waals surface area (Å²) in [6.07, 6.45) is -8.12. The van der Waals surface area contributed by atoms with Gasteiger partial charge in [0.05, 0.1) is 19.5 Å². The molecule has 27 nitrogen and oxygen atoms in total. The smallest absolute Gasteiger partial charge is 0.481 e. The van der Waals surface area contributed by atoms with Crippen LogP contribution in [0.5, 0.6) is 0 Å². The number of aromatic nitrogens is 4. The molecule has 1 fully saturated rings. The number of rotatable bonds is 21. The number of fused-ring (bicyclic) bond motifs is 1. The summed E-state index contributed by atoms with van der Waals surface area (Å²) in [5, 5.41) is 33.6. The van der Waals surface area contributed by atoms with Gasteiger partial charge in [-0.25, -0.2) is 28.6 Å². The van der Waals surface area contributed by atoms with Crippen molar-refractivity contribution in [1.29, 1.82) is 0 Å². The van der Waals surface area contributed by atoms with Crippen LogP contribution in [0.3, 0.4) is 0 Å². The quantitative estimate of drug-likeness (QED) is 0.0365. The number of anilines is 1. The maximum Gasteiger partial charge on any atom is 0.481 e. The average molecular weight is 898 g/mol. The first-order valence-electron chi connectivity index (χ1n) is 16.2. The fourth-order valence-corrected chi connectivity index (χ4v) is 9.34. The summed E-state index contributed by atoms with van der Waals surface area (Å²) >= 11 is 0. The predicted octanol–water partition coefficient (Wildman–Crippen LogP) is -2.05. The van der Waals surface area contributed by atoms with Crippen LogP contribution >= 0.6 is 34.4 Å². The lowest BCUT2D eigenvalue weighted by molar-refractivity contribution is -0.139. The van der Waals surface area contributed by atoms with Gasteiger partial charge in [0.2, 0.25) is 11.8 Å². The number of nitrogen functional groups attached to an aromatic ring is 1. The number of amides is 2. The molecule has 0 saturated carbocycles. The number of hydrogen-bond acceptors (Lipinski definition) is 19. The largest absolute Gasteiger partial charge is 0.481 e. The zero-order valence-corrected chi connectivity index (χ0v) is 33.7. The molecule has 2 amide bonds. The number of carbonyl (C=O) groups is 5. The van der Waals surface area contributed by atoms with Crippen LogP contribution in [0.15, 0.2) is 12.7 Å². The van der Waals surface area contributed by atoms with Crippen LogP contribution in [0.25, 0.3) is 11.2 Å². The van der Waals surface area contributed by atoms with Crippen LogP contribution in [-0.4, -0.2) is 139 Å². The number of imidazole rings is 1. The van der Waals surface area contributed by atoms with E-state index in [0.29, 0.717) is 0 Å². The van der Waals surface area contributed by atoms with Gasteiger partial charge in [-0.3, -0.25) is 42.1 Å². The molecule has 1 saturated heterocycles. The summed E-state index contributed by atoms with van der Waals surface area (Å²) in [7, 11) is -18.5. The Labute approximate surface area is 324 Å². The number of phosphoric acid groups is 3. The average Bonchev–Trinajstić information content (AvgIpc) is 3.64. The lowest BCUT2D eigenvalue weighted by Crippen LogP contribution is -2.46. The standard InChI is InChI=1S/C26H42N7O20P3S/c1-13(34)57(17(38)8-16(36)37)7-6-28-15(35)4-5-29-24(41)21(40)26(2,3)10-50-56(47,48)53-55(45,46)49-9-14-20(52-54(42,43)44)19(39)25(51-14)33-12-32-18-22(27)30-11-31-23(18)33/h11-12,14,19-21,25,39-40,57H,4-10H2,1-3H3,(H,28,35)(H,29,41)(H,36,37)(H,45,46)(H,47,48)(H2,27,30,31)(H2,42,43,44)/t14-,19-,20-,21?,25-/m1/s1. The summed E-state index contributed by atoms with van der Waals surface area (Å²) < 4.78 is 61.9. The Hall–Kier alpha value is -3.30. The second kappa shape index (κ2) is 19.6. The minimum atomic E-state index is -5.61. The van der Waals surface area contributed by atoms with Gasteiger partial charge in [-0.05, 0) is 0 Å². The summed E-state index contributed by atoms with van der Waals surface area (Å²) in [6, 6.07) is 0. The van der Waals surface area contributed by atoms with Gasteiger partial charge in [-0.15, -0.1) is 10.9 Å². The lowest BCUT2D eigenvalue weighted by Gasteiger charge is -2.30. The second-order valence-corrected chi connectivity index (χ2v) is 19.4. The molecule has 0 bridgehead atoms. The molecule has 2 aromatic heterocycles. The van der Waals surface area contributed by atoms with Gasteiger partial charge >= 0.3 is 29.4 Å². The molecule has 322 valence electrons. The molecule has 0 spiro atoms. The summed E-state index contributed by atoms with van der Waals surface area (Å²) in [5.41, 5.74) is 4.14. The van der Waals surface area contributed by atoms with Crippen molar-refractivity contribution in [3.05, 3.63) is 12.7 Å². The predicted molar refractivity (Wildman–Crippen MR) is 191 cm³/mol. The molecule has 0 radical (unpaired) electrons.